The van der Waals surface area contributed by atoms with E-state index in [4.69, 9.17) is 9.84 Å². The molecular formula is C15H18N2O3. The highest BCUT2D eigenvalue weighted by Crippen LogP contribution is 2.32. The summed E-state index contributed by atoms with van der Waals surface area (Å²) >= 11 is 0. The van der Waals surface area contributed by atoms with Crippen LogP contribution < -0.4 is 4.74 Å². The third-order valence-corrected chi connectivity index (χ3v) is 2.87. The van der Waals surface area contributed by atoms with Gasteiger partial charge >= 0.3 is 5.97 Å². The zero-order valence-corrected chi connectivity index (χ0v) is 12.0. The Balaban J connectivity index is 2.55. The van der Waals surface area contributed by atoms with Crippen molar-refractivity contribution in [2.75, 3.05) is 0 Å². The van der Waals surface area contributed by atoms with Crippen LogP contribution in [0.25, 0.3) is 11.3 Å². The summed E-state index contributed by atoms with van der Waals surface area (Å²) in [6.45, 7) is 5.89. The third-order valence-electron chi connectivity index (χ3n) is 2.87. The topological polar surface area (TPSA) is 64.3 Å². The molecule has 0 atom stereocenters. The molecule has 106 valence electrons. The lowest BCUT2D eigenvalue weighted by molar-refractivity contribution is 0.0689. The lowest BCUT2D eigenvalue weighted by atomic mass is 10.1. The van der Waals surface area contributed by atoms with Crippen molar-refractivity contribution < 1.29 is 14.6 Å². The van der Waals surface area contributed by atoms with E-state index in [0.717, 1.165) is 22.6 Å². The van der Waals surface area contributed by atoms with Crippen LogP contribution in [-0.2, 0) is 7.05 Å². The van der Waals surface area contributed by atoms with Crippen molar-refractivity contribution >= 4 is 5.97 Å². The number of hydrogen-bond donors (Lipinski definition) is 1. The second kappa shape index (κ2) is 5.36. The van der Waals surface area contributed by atoms with Crippen LogP contribution in [0, 0.1) is 6.92 Å². The van der Waals surface area contributed by atoms with Crippen LogP contribution in [0.15, 0.2) is 24.3 Å². The summed E-state index contributed by atoms with van der Waals surface area (Å²) in [5.41, 5.74) is 2.68. The second-order valence-electron chi connectivity index (χ2n) is 5.01. The molecule has 0 saturated carbocycles. The van der Waals surface area contributed by atoms with E-state index in [-0.39, 0.29) is 11.8 Å². The Bertz CT molecular complexity index is 645. The van der Waals surface area contributed by atoms with Gasteiger partial charge < -0.3 is 9.84 Å². The molecule has 0 radical (unpaired) electrons. The summed E-state index contributed by atoms with van der Waals surface area (Å²) in [5.74, 6) is -0.309. The Morgan fingerprint density at radius 1 is 1.35 bits per heavy atom. The average molecular weight is 274 g/mol. The molecule has 1 aromatic heterocycles. The molecule has 0 aliphatic rings. The molecule has 0 amide bonds. The summed E-state index contributed by atoms with van der Waals surface area (Å²) in [6.07, 6.45) is 0.0450. The normalized spacial score (nSPS) is 10.8. The number of aromatic nitrogens is 2. The van der Waals surface area contributed by atoms with Gasteiger partial charge in [0, 0.05) is 12.6 Å². The number of carbonyl (C=O) groups is 1. The molecule has 1 N–H and O–H groups in total. The Morgan fingerprint density at radius 3 is 2.60 bits per heavy atom. The summed E-state index contributed by atoms with van der Waals surface area (Å²) in [7, 11) is 1.73. The maximum atomic E-state index is 11.0. The summed E-state index contributed by atoms with van der Waals surface area (Å²) in [5, 5.41) is 13.0. The van der Waals surface area contributed by atoms with Crippen molar-refractivity contribution in [3.8, 4) is 17.0 Å². The van der Waals surface area contributed by atoms with E-state index in [9.17, 15) is 4.79 Å². The van der Waals surface area contributed by atoms with Gasteiger partial charge in [-0.05, 0) is 39.0 Å². The maximum absolute atomic E-state index is 11.0. The molecule has 0 fully saturated rings. The molecule has 1 heterocycles. The third kappa shape index (κ3) is 2.82. The van der Waals surface area contributed by atoms with E-state index in [1.54, 1.807) is 17.8 Å². The van der Waals surface area contributed by atoms with Gasteiger partial charge in [0.25, 0.3) is 0 Å². The highest BCUT2D eigenvalue weighted by atomic mass is 16.5. The van der Waals surface area contributed by atoms with E-state index >= 15 is 0 Å². The number of aryl methyl sites for hydroxylation is 2. The molecule has 5 nitrogen and oxygen atoms in total. The van der Waals surface area contributed by atoms with Crippen LogP contribution in [0.4, 0.5) is 0 Å². The number of carboxylic acids is 1. The fourth-order valence-corrected chi connectivity index (χ4v) is 2.02. The van der Waals surface area contributed by atoms with E-state index < -0.39 is 5.97 Å². The fraction of sp³-hybridized carbons (Fsp3) is 0.333. The first kappa shape index (κ1) is 14.1. The number of ether oxygens (including phenoxy) is 1. The Labute approximate surface area is 117 Å². The van der Waals surface area contributed by atoms with Gasteiger partial charge in [0.15, 0.2) is 5.69 Å². The molecular weight excluding hydrogens is 256 g/mol. The van der Waals surface area contributed by atoms with Crippen molar-refractivity contribution in [2.45, 2.75) is 26.9 Å². The van der Waals surface area contributed by atoms with Crippen LogP contribution in [0.1, 0.15) is 29.9 Å². The largest absolute Gasteiger partial charge is 0.490 e. The minimum Gasteiger partial charge on any atom is -0.490 e. The standard InChI is InChI=1S/C15H18N2O3/c1-9(2)20-14-6-5-10(3)7-11(14)13-8-12(15(18)19)16-17(13)4/h5-9H,1-4H3,(H,18,19). The Kier molecular flexibility index (Phi) is 3.79. The van der Waals surface area contributed by atoms with Gasteiger partial charge in [-0.25, -0.2) is 4.79 Å². The Hall–Kier alpha value is -2.30. The van der Waals surface area contributed by atoms with Crippen LogP contribution in [-0.4, -0.2) is 27.0 Å². The zero-order chi connectivity index (χ0) is 14.9. The summed E-state index contributed by atoms with van der Waals surface area (Å²) in [4.78, 5) is 11.0. The first-order chi connectivity index (χ1) is 9.38. The first-order valence-electron chi connectivity index (χ1n) is 6.43. The van der Waals surface area contributed by atoms with Crippen molar-refractivity contribution in [1.29, 1.82) is 0 Å². The SMILES string of the molecule is Cc1ccc(OC(C)C)c(-c2cc(C(=O)O)nn2C)c1. The van der Waals surface area contributed by atoms with E-state index in [1.807, 2.05) is 39.0 Å². The molecule has 0 bridgehead atoms. The molecule has 0 saturated heterocycles. The molecule has 1 aromatic carbocycles. The molecule has 2 aromatic rings. The van der Waals surface area contributed by atoms with Gasteiger partial charge in [-0.3, -0.25) is 4.68 Å². The number of hydrogen-bond acceptors (Lipinski definition) is 3. The molecule has 2 rings (SSSR count). The highest BCUT2D eigenvalue weighted by molar-refractivity contribution is 5.87. The van der Waals surface area contributed by atoms with Crippen molar-refractivity contribution in [2.24, 2.45) is 7.05 Å². The molecule has 5 heteroatoms. The fourth-order valence-electron chi connectivity index (χ4n) is 2.02. The van der Waals surface area contributed by atoms with Crippen molar-refractivity contribution in [3.05, 3.63) is 35.5 Å². The zero-order valence-electron chi connectivity index (χ0n) is 12.0. The van der Waals surface area contributed by atoms with Gasteiger partial charge in [-0.1, -0.05) is 11.6 Å². The van der Waals surface area contributed by atoms with Gasteiger partial charge in [0.2, 0.25) is 0 Å². The number of aromatic carboxylic acids is 1. The molecule has 0 spiro atoms. The smallest absolute Gasteiger partial charge is 0.356 e. The van der Waals surface area contributed by atoms with Crippen molar-refractivity contribution in [1.82, 2.24) is 9.78 Å². The lowest BCUT2D eigenvalue weighted by Gasteiger charge is -2.15. The maximum Gasteiger partial charge on any atom is 0.356 e. The minimum absolute atomic E-state index is 0.0273. The minimum atomic E-state index is -1.04. The summed E-state index contributed by atoms with van der Waals surface area (Å²) in [6, 6.07) is 7.40. The first-order valence-corrected chi connectivity index (χ1v) is 6.43. The summed E-state index contributed by atoms with van der Waals surface area (Å²) < 4.78 is 7.35. The Morgan fingerprint density at radius 2 is 2.05 bits per heavy atom. The van der Waals surface area contributed by atoms with Crippen LogP contribution in [0.3, 0.4) is 0 Å². The van der Waals surface area contributed by atoms with Gasteiger partial charge in [-0.15, -0.1) is 0 Å². The van der Waals surface area contributed by atoms with Gasteiger partial charge in [0.1, 0.15) is 5.75 Å². The van der Waals surface area contributed by atoms with E-state index in [1.165, 1.54) is 0 Å². The molecule has 0 aliphatic heterocycles. The number of benzene rings is 1. The molecule has 20 heavy (non-hydrogen) atoms. The second-order valence-corrected chi connectivity index (χ2v) is 5.01. The lowest BCUT2D eigenvalue weighted by Crippen LogP contribution is -2.07. The number of rotatable bonds is 4. The van der Waals surface area contributed by atoms with E-state index in [0.29, 0.717) is 0 Å². The molecule has 0 aliphatic carbocycles. The van der Waals surface area contributed by atoms with E-state index in [2.05, 4.69) is 5.10 Å². The number of carboxylic acid groups (broad SMARTS) is 1. The molecule has 0 unspecified atom stereocenters. The monoisotopic (exact) mass is 274 g/mol. The van der Waals surface area contributed by atoms with Crippen LogP contribution in [0.5, 0.6) is 5.75 Å². The van der Waals surface area contributed by atoms with Gasteiger partial charge in [-0.2, -0.15) is 5.10 Å². The van der Waals surface area contributed by atoms with Crippen molar-refractivity contribution in [3.63, 3.8) is 0 Å². The predicted molar refractivity (Wildman–Crippen MR) is 76.1 cm³/mol. The van der Waals surface area contributed by atoms with Crippen LogP contribution >= 0.6 is 0 Å². The predicted octanol–water partition coefficient (Wildman–Crippen LogP) is 2.88. The van der Waals surface area contributed by atoms with Gasteiger partial charge in [0.05, 0.1) is 11.8 Å². The van der Waals surface area contributed by atoms with Crippen LogP contribution in [0.2, 0.25) is 0 Å². The highest BCUT2D eigenvalue weighted by Gasteiger charge is 2.16. The average Bonchev–Trinajstić information content (AvgIpc) is 2.73. The quantitative estimate of drug-likeness (QED) is 0.931. The number of nitrogens with zero attached hydrogens (tertiary/aromatic N) is 2.